The fourth-order valence-electron chi connectivity index (χ4n) is 1.23. The first kappa shape index (κ1) is 11.6. The molecule has 0 radical (unpaired) electrons. The van der Waals surface area contributed by atoms with E-state index in [1.165, 1.54) is 6.92 Å². The maximum absolute atomic E-state index is 11.9. The fraction of sp³-hybridized carbons (Fsp3) is 0.455. The lowest BCUT2D eigenvalue weighted by Gasteiger charge is -2.03. The lowest BCUT2D eigenvalue weighted by molar-refractivity contribution is -0.132. The van der Waals surface area contributed by atoms with Gasteiger partial charge in [0.05, 0.1) is 6.67 Å². The molecule has 0 fully saturated rings. The first-order valence-electron chi connectivity index (χ1n) is 4.91. The normalized spacial score (nSPS) is 10.0. The summed E-state index contributed by atoms with van der Waals surface area (Å²) in [4.78, 5) is 14.6. The number of hydrogen-bond donors (Lipinski definition) is 0. The van der Waals surface area contributed by atoms with Crippen LogP contribution >= 0.6 is 0 Å². The highest BCUT2D eigenvalue weighted by Crippen LogP contribution is 2.12. The van der Waals surface area contributed by atoms with Crippen molar-refractivity contribution in [3.8, 4) is 5.88 Å². The van der Waals surface area contributed by atoms with Crippen molar-refractivity contribution in [2.24, 2.45) is 0 Å². The van der Waals surface area contributed by atoms with E-state index in [0.29, 0.717) is 12.3 Å². The van der Waals surface area contributed by atoms with Gasteiger partial charge in [-0.05, 0) is 30.9 Å². The standard InChI is InChI=1S/C11H14FNO2/c1-9(14)15-11-8-10(5-7-13-11)4-2-3-6-12/h5,7-8H,2-4,6H2,1H3. The molecule has 0 aliphatic rings. The van der Waals surface area contributed by atoms with Gasteiger partial charge in [0.2, 0.25) is 5.88 Å². The lowest BCUT2D eigenvalue weighted by Crippen LogP contribution is -2.03. The molecule has 15 heavy (non-hydrogen) atoms. The second-order valence-corrected chi connectivity index (χ2v) is 3.24. The summed E-state index contributed by atoms with van der Waals surface area (Å²) in [6, 6.07) is 3.55. The van der Waals surface area contributed by atoms with Crippen LogP contribution in [0.3, 0.4) is 0 Å². The summed E-state index contributed by atoms with van der Waals surface area (Å²) < 4.78 is 16.7. The van der Waals surface area contributed by atoms with Crippen molar-refractivity contribution in [3.05, 3.63) is 23.9 Å². The molecule has 0 spiro atoms. The maximum atomic E-state index is 11.9. The van der Waals surface area contributed by atoms with Crippen molar-refractivity contribution < 1.29 is 13.9 Å². The van der Waals surface area contributed by atoms with Gasteiger partial charge in [0.15, 0.2) is 0 Å². The first-order chi connectivity index (χ1) is 7.22. The Morgan fingerprint density at radius 2 is 2.33 bits per heavy atom. The van der Waals surface area contributed by atoms with Crippen LogP contribution in [0.1, 0.15) is 25.3 Å². The smallest absolute Gasteiger partial charge is 0.309 e. The highest BCUT2D eigenvalue weighted by Gasteiger charge is 2.01. The van der Waals surface area contributed by atoms with E-state index in [4.69, 9.17) is 4.74 Å². The molecule has 0 atom stereocenters. The van der Waals surface area contributed by atoms with Gasteiger partial charge in [-0.15, -0.1) is 0 Å². The number of aryl methyl sites for hydroxylation is 1. The van der Waals surface area contributed by atoms with Crippen LogP contribution in [0.4, 0.5) is 4.39 Å². The molecular formula is C11H14FNO2. The number of halogens is 1. The Balaban J connectivity index is 2.53. The molecule has 1 aromatic heterocycles. The van der Waals surface area contributed by atoms with E-state index in [-0.39, 0.29) is 12.6 Å². The van der Waals surface area contributed by atoms with E-state index in [1.54, 1.807) is 12.3 Å². The number of esters is 1. The van der Waals surface area contributed by atoms with E-state index < -0.39 is 0 Å². The van der Waals surface area contributed by atoms with Crippen LogP contribution in [0.15, 0.2) is 18.3 Å². The second kappa shape index (κ2) is 6.11. The minimum Gasteiger partial charge on any atom is -0.408 e. The minimum atomic E-state index is -0.386. The molecular weight excluding hydrogens is 197 g/mol. The van der Waals surface area contributed by atoms with Crippen molar-refractivity contribution in [1.29, 1.82) is 0 Å². The number of carbonyl (C=O) groups excluding carboxylic acids is 1. The minimum absolute atomic E-state index is 0.290. The van der Waals surface area contributed by atoms with Gasteiger partial charge in [-0.2, -0.15) is 0 Å². The predicted molar refractivity (Wildman–Crippen MR) is 54.5 cm³/mol. The number of rotatable bonds is 5. The van der Waals surface area contributed by atoms with Crippen LogP contribution < -0.4 is 4.74 Å². The highest BCUT2D eigenvalue weighted by atomic mass is 19.1. The number of carbonyl (C=O) groups is 1. The number of pyridine rings is 1. The number of ether oxygens (including phenoxy) is 1. The van der Waals surface area contributed by atoms with Gasteiger partial charge in [-0.3, -0.25) is 9.18 Å². The number of hydrogen-bond acceptors (Lipinski definition) is 3. The van der Waals surface area contributed by atoms with Crippen LogP contribution in [-0.2, 0) is 11.2 Å². The number of aromatic nitrogens is 1. The maximum Gasteiger partial charge on any atom is 0.309 e. The Bertz CT molecular complexity index is 328. The summed E-state index contributed by atoms with van der Waals surface area (Å²) in [5.74, 6) is -0.0799. The molecule has 0 aromatic carbocycles. The third-order valence-electron chi connectivity index (χ3n) is 1.90. The van der Waals surface area contributed by atoms with Gasteiger partial charge < -0.3 is 4.74 Å². The first-order valence-corrected chi connectivity index (χ1v) is 4.91. The summed E-state index contributed by atoms with van der Waals surface area (Å²) >= 11 is 0. The average Bonchev–Trinajstić information content (AvgIpc) is 2.18. The zero-order chi connectivity index (χ0) is 11.1. The van der Waals surface area contributed by atoms with Gasteiger partial charge in [-0.25, -0.2) is 4.98 Å². The van der Waals surface area contributed by atoms with Gasteiger partial charge in [-0.1, -0.05) is 0 Å². The zero-order valence-corrected chi connectivity index (χ0v) is 8.70. The van der Waals surface area contributed by atoms with Crippen LogP contribution in [-0.4, -0.2) is 17.6 Å². The van der Waals surface area contributed by atoms with Crippen molar-refractivity contribution in [2.75, 3.05) is 6.67 Å². The Labute approximate surface area is 88.3 Å². The van der Waals surface area contributed by atoms with Crippen molar-refractivity contribution in [1.82, 2.24) is 4.98 Å². The van der Waals surface area contributed by atoms with Gasteiger partial charge in [0, 0.05) is 19.2 Å². The Kier molecular flexibility index (Phi) is 4.74. The van der Waals surface area contributed by atoms with Gasteiger partial charge in [0.25, 0.3) is 0 Å². The molecule has 0 aliphatic carbocycles. The van der Waals surface area contributed by atoms with Crippen molar-refractivity contribution >= 4 is 5.97 Å². The molecule has 0 aliphatic heterocycles. The quantitative estimate of drug-likeness (QED) is 0.554. The van der Waals surface area contributed by atoms with E-state index in [1.807, 2.05) is 6.07 Å². The predicted octanol–water partition coefficient (Wildman–Crippen LogP) is 2.30. The molecule has 0 amide bonds. The summed E-state index contributed by atoms with van der Waals surface area (Å²) in [7, 11) is 0. The van der Waals surface area contributed by atoms with Crippen molar-refractivity contribution in [2.45, 2.75) is 26.2 Å². The van der Waals surface area contributed by atoms with Crippen molar-refractivity contribution in [3.63, 3.8) is 0 Å². The molecule has 4 heteroatoms. The third-order valence-corrected chi connectivity index (χ3v) is 1.90. The number of nitrogens with zero attached hydrogens (tertiary/aromatic N) is 1. The fourth-order valence-corrected chi connectivity index (χ4v) is 1.23. The Morgan fingerprint density at radius 3 is 3.00 bits per heavy atom. The SMILES string of the molecule is CC(=O)Oc1cc(CCCCF)ccn1. The van der Waals surface area contributed by atoms with E-state index in [2.05, 4.69) is 4.98 Å². The van der Waals surface area contributed by atoms with Gasteiger partial charge in [0.1, 0.15) is 0 Å². The molecule has 82 valence electrons. The summed E-state index contributed by atoms with van der Waals surface area (Å²) in [6.45, 7) is 1.04. The number of unbranched alkanes of at least 4 members (excludes halogenated alkanes) is 1. The monoisotopic (exact) mass is 211 g/mol. The van der Waals surface area contributed by atoms with Crippen LogP contribution in [0.5, 0.6) is 5.88 Å². The summed E-state index contributed by atoms with van der Waals surface area (Å²) in [6.07, 6.45) is 3.72. The Hall–Kier alpha value is -1.45. The largest absolute Gasteiger partial charge is 0.408 e. The number of alkyl halides is 1. The Morgan fingerprint density at radius 1 is 1.53 bits per heavy atom. The third kappa shape index (κ3) is 4.54. The van der Waals surface area contributed by atoms with Crippen LogP contribution in [0, 0.1) is 0 Å². The topological polar surface area (TPSA) is 39.2 Å². The summed E-state index contributed by atoms with van der Waals surface area (Å²) in [5.41, 5.74) is 1.01. The van der Waals surface area contributed by atoms with Crippen LogP contribution in [0.25, 0.3) is 0 Å². The van der Waals surface area contributed by atoms with Crippen LogP contribution in [0.2, 0.25) is 0 Å². The molecule has 0 saturated heterocycles. The second-order valence-electron chi connectivity index (χ2n) is 3.24. The zero-order valence-electron chi connectivity index (χ0n) is 8.70. The van der Waals surface area contributed by atoms with E-state index in [9.17, 15) is 9.18 Å². The average molecular weight is 211 g/mol. The van der Waals surface area contributed by atoms with E-state index in [0.717, 1.165) is 18.4 Å². The molecule has 0 saturated carbocycles. The molecule has 1 heterocycles. The highest BCUT2D eigenvalue weighted by molar-refractivity contribution is 5.68. The molecule has 0 N–H and O–H groups in total. The molecule has 1 aromatic rings. The van der Waals surface area contributed by atoms with E-state index >= 15 is 0 Å². The molecule has 3 nitrogen and oxygen atoms in total. The lowest BCUT2D eigenvalue weighted by atomic mass is 10.1. The molecule has 1 rings (SSSR count). The van der Waals surface area contributed by atoms with Gasteiger partial charge >= 0.3 is 5.97 Å². The molecule has 0 unspecified atom stereocenters. The summed E-state index contributed by atoms with van der Waals surface area (Å²) in [5, 5.41) is 0. The molecule has 0 bridgehead atoms.